The molecule has 5 heteroatoms. The van der Waals surface area contributed by atoms with Gasteiger partial charge >= 0.3 is 5.97 Å². The molecular formula is C15H28N2O3. The lowest BCUT2D eigenvalue weighted by molar-refractivity contribution is -0.143. The normalized spacial score (nSPS) is 22.4. The summed E-state index contributed by atoms with van der Waals surface area (Å²) in [5.41, 5.74) is 5.32. The van der Waals surface area contributed by atoms with E-state index in [9.17, 15) is 9.59 Å². The van der Waals surface area contributed by atoms with Crippen molar-refractivity contribution < 1.29 is 14.3 Å². The minimum atomic E-state index is -0.151. The van der Waals surface area contributed by atoms with Gasteiger partial charge in [-0.05, 0) is 52.0 Å². The van der Waals surface area contributed by atoms with E-state index in [4.69, 9.17) is 10.5 Å². The second-order valence-electron chi connectivity index (χ2n) is 5.52. The molecule has 1 rings (SSSR count). The van der Waals surface area contributed by atoms with Crippen LogP contribution >= 0.6 is 0 Å². The molecule has 0 aromatic heterocycles. The summed E-state index contributed by atoms with van der Waals surface area (Å²) in [4.78, 5) is 22.2. The Morgan fingerprint density at radius 2 is 1.85 bits per heavy atom. The Morgan fingerprint density at radius 1 is 1.15 bits per heavy atom. The first-order valence-corrected chi connectivity index (χ1v) is 7.81. The monoisotopic (exact) mass is 284 g/mol. The van der Waals surface area contributed by atoms with Crippen LogP contribution in [0, 0.1) is 5.92 Å². The van der Waals surface area contributed by atoms with Crippen molar-refractivity contribution in [2.75, 3.05) is 13.2 Å². The third-order valence-electron chi connectivity index (χ3n) is 3.93. The van der Waals surface area contributed by atoms with E-state index in [1.807, 2.05) is 6.92 Å². The number of nitrogens with one attached hydrogen (secondary N) is 1. The van der Waals surface area contributed by atoms with Crippen LogP contribution in [0.25, 0.3) is 0 Å². The molecular weight excluding hydrogens is 256 g/mol. The summed E-state index contributed by atoms with van der Waals surface area (Å²) in [5.74, 6) is -0.162. The number of primary amides is 1. The van der Waals surface area contributed by atoms with E-state index in [1.165, 1.54) is 0 Å². The van der Waals surface area contributed by atoms with Crippen LogP contribution < -0.4 is 11.1 Å². The lowest BCUT2D eigenvalue weighted by Crippen LogP contribution is -2.37. The first-order valence-electron chi connectivity index (χ1n) is 7.81. The molecule has 0 aromatic rings. The molecule has 0 spiro atoms. The average molecular weight is 284 g/mol. The number of carbonyl (C=O) groups excluding carboxylic acids is 2. The zero-order valence-corrected chi connectivity index (χ0v) is 12.5. The van der Waals surface area contributed by atoms with Crippen molar-refractivity contribution in [3.05, 3.63) is 0 Å². The summed E-state index contributed by atoms with van der Waals surface area (Å²) in [6.45, 7) is 3.28. The Labute approximate surface area is 121 Å². The molecule has 0 atom stereocenters. The van der Waals surface area contributed by atoms with E-state index in [0.29, 0.717) is 19.1 Å². The summed E-state index contributed by atoms with van der Waals surface area (Å²) in [7, 11) is 0. The first kappa shape index (κ1) is 17.0. The Bertz CT molecular complexity index is 299. The number of esters is 1. The van der Waals surface area contributed by atoms with Gasteiger partial charge in [0.05, 0.1) is 6.61 Å². The van der Waals surface area contributed by atoms with Crippen LogP contribution in [0.15, 0.2) is 0 Å². The largest absolute Gasteiger partial charge is 0.466 e. The number of unbranched alkanes of at least 4 members (excludes halogenated alkanes) is 2. The number of carbonyl (C=O) groups is 2. The van der Waals surface area contributed by atoms with E-state index >= 15 is 0 Å². The SMILES string of the molecule is CCOC(=O)CCCCCNC1CCC(C(N)=O)CC1. The zero-order chi connectivity index (χ0) is 14.8. The van der Waals surface area contributed by atoms with Crippen molar-refractivity contribution in [2.24, 2.45) is 11.7 Å². The number of rotatable bonds is 9. The Morgan fingerprint density at radius 3 is 2.45 bits per heavy atom. The maximum absolute atomic E-state index is 11.1. The molecule has 1 aliphatic carbocycles. The van der Waals surface area contributed by atoms with E-state index < -0.39 is 0 Å². The summed E-state index contributed by atoms with van der Waals surface area (Å²) in [5, 5.41) is 3.53. The standard InChI is InChI=1S/C15H28N2O3/c1-2-20-14(18)6-4-3-5-11-17-13-9-7-12(8-10-13)15(16)19/h12-13,17H,2-11H2,1H3,(H2,16,19). The molecule has 1 fully saturated rings. The average Bonchev–Trinajstić information content (AvgIpc) is 2.43. The molecule has 0 aromatic carbocycles. The molecule has 1 saturated carbocycles. The maximum atomic E-state index is 11.1. The van der Waals surface area contributed by atoms with Gasteiger partial charge in [0.15, 0.2) is 0 Å². The number of nitrogens with two attached hydrogens (primary N) is 1. The fourth-order valence-electron chi connectivity index (χ4n) is 2.69. The highest BCUT2D eigenvalue weighted by molar-refractivity contribution is 5.76. The number of hydrogen-bond acceptors (Lipinski definition) is 4. The van der Waals surface area contributed by atoms with Gasteiger partial charge in [0, 0.05) is 18.4 Å². The molecule has 0 saturated heterocycles. The Balaban J connectivity index is 1.95. The molecule has 3 N–H and O–H groups in total. The molecule has 5 nitrogen and oxygen atoms in total. The van der Waals surface area contributed by atoms with Crippen molar-refractivity contribution in [2.45, 2.75) is 64.3 Å². The van der Waals surface area contributed by atoms with Gasteiger partial charge in [0.25, 0.3) is 0 Å². The molecule has 116 valence electrons. The summed E-state index contributed by atoms with van der Waals surface area (Å²) < 4.78 is 4.88. The van der Waals surface area contributed by atoms with E-state index in [1.54, 1.807) is 0 Å². The number of hydrogen-bond donors (Lipinski definition) is 2. The smallest absolute Gasteiger partial charge is 0.305 e. The molecule has 20 heavy (non-hydrogen) atoms. The van der Waals surface area contributed by atoms with Gasteiger partial charge in [-0.1, -0.05) is 6.42 Å². The topological polar surface area (TPSA) is 81.4 Å². The molecule has 1 amide bonds. The molecule has 0 radical (unpaired) electrons. The third kappa shape index (κ3) is 6.89. The van der Waals surface area contributed by atoms with E-state index in [2.05, 4.69) is 5.32 Å². The molecule has 0 unspecified atom stereocenters. The minimum absolute atomic E-state index is 0.0811. The highest BCUT2D eigenvalue weighted by atomic mass is 16.5. The van der Waals surface area contributed by atoms with Crippen LogP contribution in [0.3, 0.4) is 0 Å². The van der Waals surface area contributed by atoms with Gasteiger partial charge in [-0.25, -0.2) is 0 Å². The molecule has 0 heterocycles. The predicted molar refractivity (Wildman–Crippen MR) is 78.0 cm³/mol. The van der Waals surface area contributed by atoms with Crippen molar-refractivity contribution in [3.63, 3.8) is 0 Å². The van der Waals surface area contributed by atoms with Crippen LogP contribution in [0.5, 0.6) is 0 Å². The van der Waals surface area contributed by atoms with Gasteiger partial charge in [-0.2, -0.15) is 0 Å². The number of ether oxygens (including phenoxy) is 1. The van der Waals surface area contributed by atoms with Gasteiger partial charge in [-0.15, -0.1) is 0 Å². The fraction of sp³-hybridized carbons (Fsp3) is 0.867. The Hall–Kier alpha value is -1.10. The Kier molecular flexibility index (Phi) is 8.26. The van der Waals surface area contributed by atoms with Crippen molar-refractivity contribution in [3.8, 4) is 0 Å². The number of amides is 1. The second kappa shape index (κ2) is 9.75. The van der Waals surface area contributed by atoms with Crippen LogP contribution in [0.4, 0.5) is 0 Å². The quantitative estimate of drug-likeness (QED) is 0.499. The summed E-state index contributed by atoms with van der Waals surface area (Å²) in [6, 6.07) is 0.524. The van der Waals surface area contributed by atoms with Crippen molar-refractivity contribution >= 4 is 11.9 Å². The van der Waals surface area contributed by atoms with Crippen LogP contribution in [0.2, 0.25) is 0 Å². The maximum Gasteiger partial charge on any atom is 0.305 e. The lowest BCUT2D eigenvalue weighted by Gasteiger charge is -2.27. The van der Waals surface area contributed by atoms with E-state index in [-0.39, 0.29) is 17.8 Å². The van der Waals surface area contributed by atoms with Crippen molar-refractivity contribution in [1.29, 1.82) is 0 Å². The van der Waals surface area contributed by atoms with Gasteiger partial charge < -0.3 is 15.8 Å². The fourth-order valence-corrected chi connectivity index (χ4v) is 2.69. The predicted octanol–water partition coefficient (Wildman–Crippen LogP) is 1.74. The van der Waals surface area contributed by atoms with Crippen LogP contribution in [0.1, 0.15) is 58.3 Å². The lowest BCUT2D eigenvalue weighted by atomic mass is 9.85. The molecule has 0 aliphatic heterocycles. The van der Waals surface area contributed by atoms with Crippen molar-refractivity contribution in [1.82, 2.24) is 5.32 Å². The van der Waals surface area contributed by atoms with Crippen LogP contribution in [-0.4, -0.2) is 31.1 Å². The molecule has 0 bridgehead atoms. The third-order valence-corrected chi connectivity index (χ3v) is 3.93. The minimum Gasteiger partial charge on any atom is -0.466 e. The van der Waals surface area contributed by atoms with Crippen LogP contribution in [-0.2, 0) is 14.3 Å². The highest BCUT2D eigenvalue weighted by Crippen LogP contribution is 2.23. The highest BCUT2D eigenvalue weighted by Gasteiger charge is 2.23. The van der Waals surface area contributed by atoms with Gasteiger partial charge in [0.2, 0.25) is 5.91 Å². The first-order chi connectivity index (χ1) is 9.63. The molecule has 1 aliphatic rings. The van der Waals surface area contributed by atoms with E-state index in [0.717, 1.165) is 51.5 Å². The van der Waals surface area contributed by atoms with Gasteiger partial charge in [0.1, 0.15) is 0 Å². The summed E-state index contributed by atoms with van der Waals surface area (Å²) >= 11 is 0. The zero-order valence-electron chi connectivity index (χ0n) is 12.5. The second-order valence-corrected chi connectivity index (χ2v) is 5.52. The van der Waals surface area contributed by atoms with Gasteiger partial charge in [-0.3, -0.25) is 9.59 Å². The summed E-state index contributed by atoms with van der Waals surface area (Å²) in [6.07, 6.45) is 7.45.